The van der Waals surface area contributed by atoms with E-state index in [1.807, 2.05) is 0 Å². The quantitative estimate of drug-likeness (QED) is 0.633. The van der Waals surface area contributed by atoms with Crippen molar-refractivity contribution in [3.05, 3.63) is 44.7 Å². The number of amides is 2. The Morgan fingerprint density at radius 3 is 2.74 bits per heavy atom. The van der Waals surface area contributed by atoms with Crippen molar-refractivity contribution in [2.45, 2.75) is 0 Å². The van der Waals surface area contributed by atoms with Crippen molar-refractivity contribution in [3.8, 4) is 5.69 Å². The third kappa shape index (κ3) is 1.80. The average molecular weight is 348 g/mol. The van der Waals surface area contributed by atoms with Gasteiger partial charge < -0.3 is 5.73 Å². The van der Waals surface area contributed by atoms with Crippen molar-refractivity contribution >= 4 is 52.0 Å². The van der Waals surface area contributed by atoms with E-state index in [-0.39, 0.29) is 27.7 Å². The van der Waals surface area contributed by atoms with Crippen LogP contribution in [0, 0.1) is 0 Å². The number of imide groups is 1. The first-order chi connectivity index (χ1) is 11.0. The lowest BCUT2D eigenvalue weighted by atomic mass is 10.1. The number of rotatable bonds is 1. The third-order valence-electron chi connectivity index (χ3n) is 3.53. The van der Waals surface area contributed by atoms with E-state index in [4.69, 9.17) is 17.3 Å². The highest BCUT2D eigenvalue weighted by molar-refractivity contribution is 7.00. The van der Waals surface area contributed by atoms with Crippen LogP contribution in [0.4, 0.5) is 5.82 Å². The fourth-order valence-corrected chi connectivity index (χ4v) is 3.31. The molecule has 0 fully saturated rings. The van der Waals surface area contributed by atoms with Crippen molar-refractivity contribution < 1.29 is 9.59 Å². The Bertz CT molecular complexity index is 1090. The van der Waals surface area contributed by atoms with Gasteiger partial charge in [0.1, 0.15) is 16.9 Å². The molecule has 0 radical (unpaired) electrons. The zero-order valence-corrected chi connectivity index (χ0v) is 12.7. The molecular weight excluding hydrogens is 342 g/mol. The smallest absolute Gasteiger partial charge is 0.262 e. The molecule has 0 atom stereocenters. The Labute approximate surface area is 136 Å². The van der Waals surface area contributed by atoms with Crippen LogP contribution in [0.2, 0.25) is 5.02 Å². The number of fused-ring (bicyclic) bond motifs is 2. The second-order valence-electron chi connectivity index (χ2n) is 4.80. The summed E-state index contributed by atoms with van der Waals surface area (Å²) in [5, 5.41) is 2.33. The van der Waals surface area contributed by atoms with Crippen LogP contribution in [-0.4, -0.2) is 25.1 Å². The van der Waals surface area contributed by atoms with Crippen LogP contribution in [0.3, 0.4) is 0 Å². The molecule has 2 amide bonds. The average Bonchev–Trinajstić information content (AvgIpc) is 3.06. The highest BCUT2D eigenvalue weighted by Gasteiger charge is 2.32. The first kappa shape index (κ1) is 13.9. The van der Waals surface area contributed by atoms with Crippen molar-refractivity contribution in [1.82, 2.24) is 18.6 Å². The summed E-state index contributed by atoms with van der Waals surface area (Å²) >= 11 is 7.17. The number of pyridine rings is 1. The van der Waals surface area contributed by atoms with Crippen molar-refractivity contribution in [2.24, 2.45) is 0 Å². The number of hydrogen-bond donors (Lipinski definition) is 2. The maximum Gasteiger partial charge on any atom is 0.262 e. The summed E-state index contributed by atoms with van der Waals surface area (Å²) in [5.41, 5.74) is 6.47. The van der Waals surface area contributed by atoms with E-state index in [2.05, 4.69) is 14.1 Å². The molecule has 0 aliphatic carbocycles. The molecule has 1 aliphatic rings. The van der Waals surface area contributed by atoms with Crippen LogP contribution in [0.15, 0.2) is 23.0 Å². The van der Waals surface area contributed by atoms with E-state index in [9.17, 15) is 14.4 Å². The molecule has 3 aromatic rings. The number of halogens is 1. The molecule has 0 saturated heterocycles. The molecule has 3 N–H and O–H groups in total. The van der Waals surface area contributed by atoms with Crippen LogP contribution >= 0.6 is 23.3 Å². The first-order valence-corrected chi connectivity index (χ1v) is 7.42. The number of nitrogens with zero attached hydrogens (tertiary/aromatic N) is 3. The summed E-state index contributed by atoms with van der Waals surface area (Å²) < 4.78 is 9.29. The zero-order chi connectivity index (χ0) is 16.3. The second kappa shape index (κ2) is 4.61. The monoisotopic (exact) mass is 347 g/mol. The van der Waals surface area contributed by atoms with Gasteiger partial charge in [0, 0.05) is 6.07 Å². The summed E-state index contributed by atoms with van der Waals surface area (Å²) in [6.45, 7) is 0. The molecule has 0 unspecified atom stereocenters. The fourth-order valence-electron chi connectivity index (χ4n) is 2.54. The SMILES string of the molecule is Nc1c2c(cc(=O)n1-c1c(Cl)ccc3nsnc13)C(=O)NC2=O. The number of hydrogen-bond acceptors (Lipinski definition) is 7. The van der Waals surface area contributed by atoms with E-state index >= 15 is 0 Å². The Morgan fingerprint density at radius 1 is 1.17 bits per heavy atom. The van der Waals surface area contributed by atoms with Gasteiger partial charge in [-0.05, 0) is 12.1 Å². The number of nitrogens with one attached hydrogen (secondary N) is 1. The molecule has 0 saturated carbocycles. The van der Waals surface area contributed by atoms with Crippen molar-refractivity contribution in [1.29, 1.82) is 0 Å². The normalized spacial score (nSPS) is 13.4. The predicted octanol–water partition coefficient (Wildman–Crippen LogP) is 0.961. The molecule has 8 nitrogen and oxygen atoms in total. The van der Waals surface area contributed by atoms with Crippen LogP contribution in [0.5, 0.6) is 0 Å². The van der Waals surface area contributed by atoms with Gasteiger partial charge in [0.15, 0.2) is 0 Å². The fraction of sp³-hybridized carbons (Fsp3) is 0. The number of anilines is 1. The van der Waals surface area contributed by atoms with Gasteiger partial charge in [-0.3, -0.25) is 24.3 Å². The summed E-state index contributed by atoms with van der Waals surface area (Å²) in [5.74, 6) is -1.48. The molecule has 2 aromatic heterocycles. The highest BCUT2D eigenvalue weighted by atomic mass is 35.5. The lowest BCUT2D eigenvalue weighted by molar-refractivity contribution is 0.0880. The Kier molecular flexibility index (Phi) is 2.77. The summed E-state index contributed by atoms with van der Waals surface area (Å²) in [7, 11) is 0. The molecule has 0 bridgehead atoms. The van der Waals surface area contributed by atoms with Crippen LogP contribution in [-0.2, 0) is 0 Å². The summed E-state index contributed by atoms with van der Waals surface area (Å²) in [4.78, 5) is 36.0. The van der Waals surface area contributed by atoms with E-state index in [0.29, 0.717) is 11.0 Å². The van der Waals surface area contributed by atoms with E-state index in [0.717, 1.165) is 22.4 Å². The van der Waals surface area contributed by atoms with Gasteiger partial charge in [0.2, 0.25) is 0 Å². The van der Waals surface area contributed by atoms with Crippen LogP contribution in [0.1, 0.15) is 20.7 Å². The minimum Gasteiger partial charge on any atom is -0.384 e. The summed E-state index contributed by atoms with van der Waals surface area (Å²) in [6, 6.07) is 4.28. The summed E-state index contributed by atoms with van der Waals surface area (Å²) in [6.07, 6.45) is 0. The van der Waals surface area contributed by atoms with Crippen molar-refractivity contribution in [3.63, 3.8) is 0 Å². The minimum absolute atomic E-state index is 0.0477. The molecule has 23 heavy (non-hydrogen) atoms. The Balaban J connectivity index is 2.15. The van der Waals surface area contributed by atoms with Gasteiger partial charge >= 0.3 is 0 Å². The molecular formula is C13H6ClN5O3S. The number of carbonyl (C=O) groups is 2. The molecule has 4 rings (SSSR count). The van der Waals surface area contributed by atoms with Gasteiger partial charge in [-0.1, -0.05) is 11.6 Å². The number of aromatic nitrogens is 3. The topological polar surface area (TPSA) is 120 Å². The second-order valence-corrected chi connectivity index (χ2v) is 5.74. The Hall–Kier alpha value is -2.78. The largest absolute Gasteiger partial charge is 0.384 e. The first-order valence-electron chi connectivity index (χ1n) is 6.31. The minimum atomic E-state index is -0.657. The van der Waals surface area contributed by atoms with Gasteiger partial charge in [-0.25, -0.2) is 0 Å². The Morgan fingerprint density at radius 2 is 1.96 bits per heavy atom. The predicted molar refractivity (Wildman–Crippen MR) is 84.2 cm³/mol. The number of nitrogens with two attached hydrogens (primary N) is 1. The lowest BCUT2D eigenvalue weighted by Gasteiger charge is -2.13. The van der Waals surface area contributed by atoms with E-state index in [1.165, 1.54) is 0 Å². The molecule has 1 aliphatic heterocycles. The van der Waals surface area contributed by atoms with Crippen molar-refractivity contribution in [2.75, 3.05) is 5.73 Å². The standard InChI is InChI=1S/C13H6ClN5O3S/c14-5-1-2-6-9(18-23-17-6)10(5)19-7(20)3-4-8(11(19)15)13(22)16-12(4)21/h1-3H,15H2,(H,16,21,22). The zero-order valence-electron chi connectivity index (χ0n) is 11.2. The van der Waals surface area contributed by atoms with E-state index < -0.39 is 17.4 Å². The number of carbonyl (C=O) groups excluding carboxylic acids is 2. The van der Waals surface area contributed by atoms with Crippen LogP contribution in [0.25, 0.3) is 16.7 Å². The number of nitrogen functional groups attached to an aromatic ring is 1. The van der Waals surface area contributed by atoms with Crippen LogP contribution < -0.4 is 16.6 Å². The third-order valence-corrected chi connectivity index (χ3v) is 4.38. The molecule has 10 heteroatoms. The molecule has 1 aromatic carbocycles. The number of benzene rings is 1. The van der Waals surface area contributed by atoms with Gasteiger partial charge in [-0.2, -0.15) is 8.75 Å². The highest BCUT2D eigenvalue weighted by Crippen LogP contribution is 2.31. The molecule has 3 heterocycles. The maximum atomic E-state index is 12.5. The molecule has 0 spiro atoms. The lowest BCUT2D eigenvalue weighted by Crippen LogP contribution is -2.24. The van der Waals surface area contributed by atoms with E-state index in [1.54, 1.807) is 12.1 Å². The van der Waals surface area contributed by atoms with Gasteiger partial charge in [-0.15, -0.1) is 0 Å². The molecule has 114 valence electrons. The maximum absolute atomic E-state index is 12.5. The van der Waals surface area contributed by atoms with Gasteiger partial charge in [0.05, 0.1) is 33.6 Å². The van der Waals surface area contributed by atoms with Gasteiger partial charge in [0.25, 0.3) is 17.4 Å².